The van der Waals surface area contributed by atoms with Crippen LogP contribution in [0.15, 0.2) is 0 Å². The maximum absolute atomic E-state index is 9.58. The van der Waals surface area contributed by atoms with Gasteiger partial charge < -0.3 is 15.6 Å². The van der Waals surface area contributed by atoms with Gasteiger partial charge in [-0.2, -0.15) is 0 Å². The van der Waals surface area contributed by atoms with Crippen molar-refractivity contribution in [2.75, 3.05) is 6.61 Å². The summed E-state index contributed by atoms with van der Waals surface area (Å²) in [6, 6.07) is 0. The largest absolute Gasteiger partial charge is 0.393 e. The second-order valence-electron chi connectivity index (χ2n) is 4.53. The first-order chi connectivity index (χ1) is 5.91. The summed E-state index contributed by atoms with van der Waals surface area (Å²) in [7, 11) is 0. The summed E-state index contributed by atoms with van der Waals surface area (Å²) in [4.78, 5) is 0. The van der Waals surface area contributed by atoms with Gasteiger partial charge in [0.05, 0.1) is 11.7 Å². The molecule has 13 heavy (non-hydrogen) atoms. The van der Waals surface area contributed by atoms with E-state index < -0.39 is 0 Å². The fourth-order valence-electron chi connectivity index (χ4n) is 1.85. The Kier molecular flexibility index (Phi) is 3.00. The van der Waals surface area contributed by atoms with Gasteiger partial charge in [0.25, 0.3) is 0 Å². The van der Waals surface area contributed by atoms with Gasteiger partial charge in [-0.3, -0.25) is 0 Å². The van der Waals surface area contributed by atoms with Gasteiger partial charge in [-0.25, -0.2) is 0 Å². The smallest absolute Gasteiger partial charge is 0.0806 e. The Morgan fingerprint density at radius 3 is 2.54 bits per heavy atom. The predicted molar refractivity (Wildman–Crippen MR) is 52.5 cm³/mol. The predicted octanol–water partition coefficient (Wildman–Crippen LogP) is 1.04. The highest BCUT2D eigenvalue weighted by atomic mass is 16.5. The average Bonchev–Trinajstić information content (AvgIpc) is 2.26. The fourth-order valence-corrected chi connectivity index (χ4v) is 1.85. The molecule has 1 aliphatic rings. The Morgan fingerprint density at radius 1 is 1.54 bits per heavy atom. The first-order valence-corrected chi connectivity index (χ1v) is 5.02. The molecule has 1 heterocycles. The Labute approximate surface area is 80.3 Å². The second-order valence-corrected chi connectivity index (χ2v) is 4.53. The van der Waals surface area contributed by atoms with E-state index in [9.17, 15) is 5.11 Å². The van der Waals surface area contributed by atoms with Crippen molar-refractivity contribution in [2.45, 2.75) is 57.3 Å². The number of aliphatic hydroxyl groups is 1. The number of hydrogen-bond acceptors (Lipinski definition) is 3. The van der Waals surface area contributed by atoms with Crippen LogP contribution >= 0.6 is 0 Å². The topological polar surface area (TPSA) is 55.5 Å². The molecular formula is C10H21NO2. The van der Waals surface area contributed by atoms with Crippen molar-refractivity contribution < 1.29 is 9.84 Å². The molecule has 3 nitrogen and oxygen atoms in total. The summed E-state index contributed by atoms with van der Waals surface area (Å²) >= 11 is 0. The first-order valence-electron chi connectivity index (χ1n) is 5.02. The Morgan fingerprint density at radius 2 is 2.15 bits per heavy atom. The SMILES string of the molecule is CCC(O)CC1(N)CCOC1(C)C. The van der Waals surface area contributed by atoms with Crippen LogP contribution in [0.3, 0.4) is 0 Å². The van der Waals surface area contributed by atoms with E-state index in [2.05, 4.69) is 0 Å². The molecule has 1 saturated heterocycles. The molecule has 0 aliphatic carbocycles. The van der Waals surface area contributed by atoms with E-state index in [-0.39, 0.29) is 17.2 Å². The van der Waals surface area contributed by atoms with Gasteiger partial charge in [-0.1, -0.05) is 6.92 Å². The van der Waals surface area contributed by atoms with Crippen LogP contribution in [0.4, 0.5) is 0 Å². The van der Waals surface area contributed by atoms with Gasteiger partial charge in [-0.15, -0.1) is 0 Å². The molecule has 1 fully saturated rings. The van der Waals surface area contributed by atoms with E-state index >= 15 is 0 Å². The lowest BCUT2D eigenvalue weighted by atomic mass is 9.78. The third-order valence-corrected chi connectivity index (χ3v) is 3.28. The normalized spacial score (nSPS) is 34.8. The van der Waals surface area contributed by atoms with Crippen LogP contribution in [0, 0.1) is 0 Å². The molecule has 0 radical (unpaired) electrons. The molecule has 2 atom stereocenters. The zero-order valence-corrected chi connectivity index (χ0v) is 8.84. The fraction of sp³-hybridized carbons (Fsp3) is 1.00. The van der Waals surface area contributed by atoms with E-state index in [4.69, 9.17) is 10.5 Å². The molecule has 0 amide bonds. The molecule has 0 aromatic rings. The lowest BCUT2D eigenvalue weighted by Crippen LogP contribution is -2.55. The Bertz CT molecular complexity index is 182. The zero-order chi connectivity index (χ0) is 10.1. The van der Waals surface area contributed by atoms with Crippen molar-refractivity contribution in [3.63, 3.8) is 0 Å². The van der Waals surface area contributed by atoms with Gasteiger partial charge in [0.2, 0.25) is 0 Å². The van der Waals surface area contributed by atoms with E-state index in [1.807, 2.05) is 20.8 Å². The Hall–Kier alpha value is -0.120. The van der Waals surface area contributed by atoms with Crippen LogP contribution in [-0.2, 0) is 4.74 Å². The highest BCUT2D eigenvalue weighted by molar-refractivity contribution is 5.04. The summed E-state index contributed by atoms with van der Waals surface area (Å²) in [5.74, 6) is 0. The lowest BCUT2D eigenvalue weighted by Gasteiger charge is -2.37. The minimum Gasteiger partial charge on any atom is -0.393 e. The minimum absolute atomic E-state index is 0.300. The lowest BCUT2D eigenvalue weighted by molar-refractivity contribution is -0.0153. The van der Waals surface area contributed by atoms with Gasteiger partial charge in [0.1, 0.15) is 0 Å². The maximum Gasteiger partial charge on any atom is 0.0806 e. The molecule has 0 bridgehead atoms. The van der Waals surface area contributed by atoms with Crippen molar-refractivity contribution in [3.8, 4) is 0 Å². The summed E-state index contributed by atoms with van der Waals surface area (Å²) in [5, 5.41) is 9.58. The summed E-state index contributed by atoms with van der Waals surface area (Å²) < 4.78 is 5.57. The van der Waals surface area contributed by atoms with Crippen molar-refractivity contribution in [2.24, 2.45) is 5.73 Å². The number of ether oxygens (including phenoxy) is 1. The summed E-state index contributed by atoms with van der Waals surface area (Å²) in [6.07, 6.45) is 1.94. The molecule has 0 aromatic carbocycles. The second kappa shape index (κ2) is 3.56. The van der Waals surface area contributed by atoms with Crippen molar-refractivity contribution in [1.29, 1.82) is 0 Å². The van der Waals surface area contributed by atoms with E-state index in [0.29, 0.717) is 13.0 Å². The molecule has 1 rings (SSSR count). The zero-order valence-electron chi connectivity index (χ0n) is 8.84. The molecule has 1 aliphatic heterocycles. The van der Waals surface area contributed by atoms with Gasteiger partial charge in [-0.05, 0) is 33.1 Å². The van der Waals surface area contributed by atoms with Gasteiger partial charge in [0, 0.05) is 12.1 Å². The summed E-state index contributed by atoms with van der Waals surface area (Å²) in [5.41, 5.74) is 5.57. The van der Waals surface area contributed by atoms with Crippen LogP contribution in [0.25, 0.3) is 0 Å². The summed E-state index contributed by atoms with van der Waals surface area (Å²) in [6.45, 7) is 6.68. The quantitative estimate of drug-likeness (QED) is 0.694. The molecule has 0 aromatic heterocycles. The van der Waals surface area contributed by atoms with Crippen LogP contribution in [-0.4, -0.2) is 29.0 Å². The molecule has 3 N–H and O–H groups in total. The molecule has 0 spiro atoms. The number of hydrogen-bond donors (Lipinski definition) is 2. The number of rotatable bonds is 3. The molecule has 0 saturated carbocycles. The molecule has 2 unspecified atom stereocenters. The molecule has 78 valence electrons. The van der Waals surface area contributed by atoms with E-state index in [1.54, 1.807) is 0 Å². The van der Waals surface area contributed by atoms with E-state index in [1.165, 1.54) is 0 Å². The molecule has 3 heteroatoms. The third-order valence-electron chi connectivity index (χ3n) is 3.28. The van der Waals surface area contributed by atoms with Crippen LogP contribution in [0.5, 0.6) is 0 Å². The van der Waals surface area contributed by atoms with Crippen LogP contribution in [0.1, 0.15) is 40.0 Å². The van der Waals surface area contributed by atoms with Gasteiger partial charge in [0.15, 0.2) is 0 Å². The average molecular weight is 187 g/mol. The van der Waals surface area contributed by atoms with Crippen molar-refractivity contribution in [3.05, 3.63) is 0 Å². The van der Waals surface area contributed by atoms with Crippen molar-refractivity contribution >= 4 is 0 Å². The minimum atomic E-state index is -0.359. The van der Waals surface area contributed by atoms with Gasteiger partial charge >= 0.3 is 0 Å². The first kappa shape index (κ1) is 11.0. The Balaban J connectivity index is 2.64. The third kappa shape index (κ3) is 2.03. The van der Waals surface area contributed by atoms with Crippen molar-refractivity contribution in [1.82, 2.24) is 0 Å². The maximum atomic E-state index is 9.58. The van der Waals surface area contributed by atoms with Crippen LogP contribution < -0.4 is 5.73 Å². The molecular weight excluding hydrogens is 166 g/mol. The highest BCUT2D eigenvalue weighted by Crippen LogP contribution is 2.37. The monoisotopic (exact) mass is 187 g/mol. The number of nitrogens with two attached hydrogens (primary N) is 1. The van der Waals surface area contributed by atoms with E-state index in [0.717, 1.165) is 12.8 Å². The number of aliphatic hydroxyl groups excluding tert-OH is 1. The highest BCUT2D eigenvalue weighted by Gasteiger charge is 2.47. The van der Waals surface area contributed by atoms with Crippen LogP contribution in [0.2, 0.25) is 0 Å². The standard InChI is InChI=1S/C10H21NO2/c1-4-8(12)7-10(11)5-6-13-9(10,2)3/h8,12H,4-7,11H2,1-3H3.